The van der Waals surface area contributed by atoms with Gasteiger partial charge in [-0.2, -0.15) is 0 Å². The SMILES string of the molecule is CC1(C)COC(CNC(=O)Nc2ccc(F)cc2F)(C2CCCCC2)OC1. The molecule has 2 aliphatic rings. The van der Waals surface area contributed by atoms with Gasteiger partial charge in [0.2, 0.25) is 0 Å². The molecule has 1 aromatic rings. The first kappa shape index (κ1) is 20.0. The zero-order valence-corrected chi connectivity index (χ0v) is 15.9. The van der Waals surface area contributed by atoms with E-state index in [2.05, 4.69) is 24.5 Å². The van der Waals surface area contributed by atoms with Gasteiger partial charge in [0.05, 0.1) is 25.4 Å². The molecule has 1 heterocycles. The van der Waals surface area contributed by atoms with E-state index >= 15 is 0 Å². The van der Waals surface area contributed by atoms with Gasteiger partial charge in [-0.15, -0.1) is 0 Å². The topological polar surface area (TPSA) is 59.6 Å². The van der Waals surface area contributed by atoms with Crippen LogP contribution in [0.25, 0.3) is 0 Å². The Kier molecular flexibility index (Phi) is 6.01. The molecule has 2 amide bonds. The minimum absolute atomic E-state index is 0.0718. The van der Waals surface area contributed by atoms with Crippen molar-refractivity contribution in [1.82, 2.24) is 5.32 Å². The first-order chi connectivity index (χ1) is 12.8. The highest BCUT2D eigenvalue weighted by Gasteiger charge is 2.46. The summed E-state index contributed by atoms with van der Waals surface area (Å²) in [5.74, 6) is -2.15. The molecule has 1 aliphatic carbocycles. The van der Waals surface area contributed by atoms with Crippen molar-refractivity contribution in [1.29, 1.82) is 0 Å². The third kappa shape index (κ3) is 4.96. The molecule has 0 unspecified atom stereocenters. The van der Waals surface area contributed by atoms with Gasteiger partial charge in [-0.05, 0) is 25.0 Å². The Labute approximate surface area is 158 Å². The minimum atomic E-state index is -0.853. The smallest absolute Gasteiger partial charge is 0.319 e. The van der Waals surface area contributed by atoms with E-state index in [1.807, 2.05) is 0 Å². The summed E-state index contributed by atoms with van der Waals surface area (Å²) in [6.45, 7) is 5.45. The predicted octanol–water partition coefficient (Wildman–Crippen LogP) is 4.44. The van der Waals surface area contributed by atoms with Crippen LogP contribution in [0.4, 0.5) is 19.3 Å². The van der Waals surface area contributed by atoms with Gasteiger partial charge in [0.25, 0.3) is 0 Å². The number of halogens is 2. The lowest BCUT2D eigenvalue weighted by atomic mass is 9.81. The number of carbonyl (C=O) groups excluding carboxylic acids is 1. The minimum Gasteiger partial charge on any atom is -0.347 e. The lowest BCUT2D eigenvalue weighted by Crippen LogP contribution is -2.58. The molecule has 1 saturated carbocycles. The average molecular weight is 382 g/mol. The number of carbonyl (C=O) groups is 1. The van der Waals surface area contributed by atoms with Crippen LogP contribution >= 0.6 is 0 Å². The molecule has 1 aliphatic heterocycles. The number of amides is 2. The molecule has 7 heteroatoms. The summed E-state index contributed by atoms with van der Waals surface area (Å²) in [4.78, 5) is 12.3. The zero-order chi connectivity index (χ0) is 19.5. The Bertz CT molecular complexity index is 665. The number of ether oxygens (including phenoxy) is 2. The fourth-order valence-electron chi connectivity index (χ4n) is 3.70. The largest absolute Gasteiger partial charge is 0.347 e. The number of urea groups is 1. The Morgan fingerprint density at radius 1 is 1.15 bits per heavy atom. The maximum absolute atomic E-state index is 13.7. The number of nitrogens with one attached hydrogen (secondary N) is 2. The van der Waals surface area contributed by atoms with Gasteiger partial charge >= 0.3 is 6.03 Å². The first-order valence-corrected chi connectivity index (χ1v) is 9.58. The monoisotopic (exact) mass is 382 g/mol. The van der Waals surface area contributed by atoms with Gasteiger partial charge in [-0.25, -0.2) is 13.6 Å². The molecule has 2 fully saturated rings. The first-order valence-electron chi connectivity index (χ1n) is 9.58. The highest BCUT2D eigenvalue weighted by atomic mass is 19.1. The van der Waals surface area contributed by atoms with Crippen molar-refractivity contribution in [3.05, 3.63) is 29.8 Å². The molecule has 150 valence electrons. The number of benzene rings is 1. The Morgan fingerprint density at radius 2 is 1.81 bits per heavy atom. The summed E-state index contributed by atoms with van der Waals surface area (Å²) in [7, 11) is 0. The maximum Gasteiger partial charge on any atom is 0.319 e. The summed E-state index contributed by atoms with van der Waals surface area (Å²) in [6.07, 6.45) is 5.44. The number of hydrogen-bond acceptors (Lipinski definition) is 3. The Hall–Kier alpha value is -1.73. The van der Waals surface area contributed by atoms with Crippen molar-refractivity contribution >= 4 is 11.7 Å². The molecule has 0 aromatic heterocycles. The molecule has 1 aromatic carbocycles. The number of hydrogen-bond donors (Lipinski definition) is 2. The van der Waals surface area contributed by atoms with Crippen molar-refractivity contribution in [3.63, 3.8) is 0 Å². The van der Waals surface area contributed by atoms with Crippen LogP contribution in [-0.2, 0) is 9.47 Å². The molecule has 0 spiro atoms. The Morgan fingerprint density at radius 3 is 2.44 bits per heavy atom. The van der Waals surface area contributed by atoms with Crippen LogP contribution in [-0.4, -0.2) is 31.6 Å². The van der Waals surface area contributed by atoms with E-state index in [9.17, 15) is 13.6 Å². The highest BCUT2D eigenvalue weighted by Crippen LogP contribution is 2.40. The second-order valence-corrected chi connectivity index (χ2v) is 8.32. The normalized spacial score (nSPS) is 22.2. The van der Waals surface area contributed by atoms with Crippen LogP contribution in [0.2, 0.25) is 0 Å². The summed E-state index contributed by atoms with van der Waals surface area (Å²) in [5.41, 5.74) is -0.148. The van der Waals surface area contributed by atoms with Gasteiger partial charge < -0.3 is 20.1 Å². The molecule has 2 N–H and O–H groups in total. The lowest BCUT2D eigenvalue weighted by molar-refractivity contribution is -0.321. The molecular weight excluding hydrogens is 354 g/mol. The fourth-order valence-corrected chi connectivity index (χ4v) is 3.70. The molecule has 3 rings (SSSR count). The Balaban J connectivity index is 1.64. The van der Waals surface area contributed by atoms with E-state index in [0.717, 1.165) is 37.8 Å². The van der Waals surface area contributed by atoms with Crippen molar-refractivity contribution in [3.8, 4) is 0 Å². The highest BCUT2D eigenvalue weighted by molar-refractivity contribution is 5.89. The lowest BCUT2D eigenvalue weighted by Gasteiger charge is -2.48. The van der Waals surface area contributed by atoms with Crippen molar-refractivity contribution in [2.45, 2.75) is 51.7 Å². The van der Waals surface area contributed by atoms with Gasteiger partial charge in [-0.1, -0.05) is 33.1 Å². The number of anilines is 1. The molecule has 27 heavy (non-hydrogen) atoms. The predicted molar refractivity (Wildman–Crippen MR) is 98.4 cm³/mol. The van der Waals surface area contributed by atoms with E-state index in [4.69, 9.17) is 9.47 Å². The van der Waals surface area contributed by atoms with E-state index in [0.29, 0.717) is 13.2 Å². The van der Waals surface area contributed by atoms with Crippen molar-refractivity contribution in [2.24, 2.45) is 11.3 Å². The van der Waals surface area contributed by atoms with Crippen LogP contribution in [0.1, 0.15) is 46.0 Å². The third-order valence-electron chi connectivity index (χ3n) is 5.32. The van der Waals surface area contributed by atoms with Crippen LogP contribution < -0.4 is 10.6 Å². The quantitative estimate of drug-likeness (QED) is 0.810. The molecular formula is C20H28F2N2O3. The fraction of sp³-hybridized carbons (Fsp3) is 0.650. The average Bonchev–Trinajstić information content (AvgIpc) is 2.64. The van der Waals surface area contributed by atoms with Gasteiger partial charge in [0, 0.05) is 17.4 Å². The van der Waals surface area contributed by atoms with Gasteiger partial charge in [-0.3, -0.25) is 0 Å². The molecule has 0 radical (unpaired) electrons. The van der Waals surface area contributed by atoms with Gasteiger partial charge in [0.1, 0.15) is 11.6 Å². The van der Waals surface area contributed by atoms with E-state index < -0.39 is 23.5 Å². The van der Waals surface area contributed by atoms with E-state index in [1.54, 1.807) is 0 Å². The molecule has 1 saturated heterocycles. The van der Waals surface area contributed by atoms with Gasteiger partial charge in [0.15, 0.2) is 5.79 Å². The van der Waals surface area contributed by atoms with Crippen LogP contribution in [0, 0.1) is 23.0 Å². The second kappa shape index (κ2) is 8.10. The van der Waals surface area contributed by atoms with Crippen molar-refractivity contribution < 1.29 is 23.0 Å². The van der Waals surface area contributed by atoms with E-state index in [-0.39, 0.29) is 23.6 Å². The number of rotatable bonds is 4. The standard InChI is InChI=1S/C20H28F2N2O3/c1-19(2)12-26-20(27-13-19,14-6-4-3-5-7-14)11-23-18(25)24-17-9-8-15(21)10-16(17)22/h8-10,14H,3-7,11-13H2,1-2H3,(H2,23,24,25). The van der Waals surface area contributed by atoms with Crippen molar-refractivity contribution in [2.75, 3.05) is 25.1 Å². The second-order valence-electron chi connectivity index (χ2n) is 8.32. The van der Waals surface area contributed by atoms with Crippen LogP contribution in [0.15, 0.2) is 18.2 Å². The maximum atomic E-state index is 13.7. The van der Waals surface area contributed by atoms with Crippen LogP contribution in [0.3, 0.4) is 0 Å². The molecule has 0 bridgehead atoms. The molecule has 0 atom stereocenters. The van der Waals surface area contributed by atoms with E-state index in [1.165, 1.54) is 12.5 Å². The summed E-state index contributed by atoms with van der Waals surface area (Å²) in [5, 5.41) is 5.16. The summed E-state index contributed by atoms with van der Waals surface area (Å²) in [6, 6.07) is 2.44. The zero-order valence-electron chi connectivity index (χ0n) is 15.9. The third-order valence-corrected chi connectivity index (χ3v) is 5.32. The summed E-state index contributed by atoms with van der Waals surface area (Å²) >= 11 is 0. The summed E-state index contributed by atoms with van der Waals surface area (Å²) < 4.78 is 39.1. The van der Waals surface area contributed by atoms with Crippen LogP contribution in [0.5, 0.6) is 0 Å². The molecule has 5 nitrogen and oxygen atoms in total.